The van der Waals surface area contributed by atoms with Gasteiger partial charge in [-0.3, -0.25) is 24.1 Å². The second-order valence-corrected chi connectivity index (χ2v) is 4.19. The summed E-state index contributed by atoms with van der Waals surface area (Å²) in [6.45, 7) is -0.644. The first-order valence-corrected chi connectivity index (χ1v) is 5.93. The molecule has 1 aromatic carbocycles. The molecule has 0 atom stereocenters. The number of fused-ring (bicyclic) bond motifs is 1. The molecule has 8 heteroatoms. The molecule has 0 radical (unpaired) electrons. The third-order valence-corrected chi connectivity index (χ3v) is 2.82. The number of rotatable bonds is 6. The number of hydrogen-bond acceptors (Lipinski definition) is 6. The lowest BCUT2D eigenvalue weighted by Crippen LogP contribution is -2.30. The Balaban J connectivity index is 2.40. The van der Waals surface area contributed by atoms with Crippen LogP contribution in [0.25, 0.3) is 0 Å². The fourth-order valence-corrected chi connectivity index (χ4v) is 1.85. The van der Waals surface area contributed by atoms with Gasteiger partial charge < -0.3 is 14.8 Å². The van der Waals surface area contributed by atoms with Gasteiger partial charge in [0.25, 0.3) is 5.91 Å². The van der Waals surface area contributed by atoms with Crippen LogP contribution < -0.4 is 14.8 Å². The molecule has 0 aliphatic carbocycles. The molecule has 3 amide bonds. The zero-order valence-electron chi connectivity index (χ0n) is 11.1. The second kappa shape index (κ2) is 6.04. The Kier molecular flexibility index (Phi) is 4.17. The van der Waals surface area contributed by atoms with Crippen LogP contribution in [0.5, 0.6) is 11.5 Å². The Morgan fingerprint density at radius 3 is 2.76 bits per heavy atom. The van der Waals surface area contributed by atoms with E-state index >= 15 is 0 Å². The highest BCUT2D eigenvalue weighted by atomic mass is 16.5. The highest BCUT2D eigenvalue weighted by molar-refractivity contribution is 6.06. The van der Waals surface area contributed by atoms with Gasteiger partial charge >= 0.3 is 0 Å². The van der Waals surface area contributed by atoms with E-state index < -0.39 is 12.3 Å². The third-order valence-electron chi connectivity index (χ3n) is 2.82. The molecular weight excluding hydrogens is 280 g/mol. The summed E-state index contributed by atoms with van der Waals surface area (Å²) in [6, 6.07) is 2.94. The first-order valence-electron chi connectivity index (χ1n) is 5.93. The summed E-state index contributed by atoms with van der Waals surface area (Å²) in [7, 11) is 1.41. The lowest BCUT2D eigenvalue weighted by Gasteiger charge is -2.21. The zero-order valence-corrected chi connectivity index (χ0v) is 11.1. The topological polar surface area (TPSA) is 102 Å². The molecular formula is C13H12N2O6. The van der Waals surface area contributed by atoms with Gasteiger partial charge in [-0.2, -0.15) is 0 Å². The number of imide groups is 1. The largest absolute Gasteiger partial charge is 0.497 e. The van der Waals surface area contributed by atoms with E-state index in [1.165, 1.54) is 19.2 Å². The number of Topliss-reactive ketones (excluding diaryl/α,β-unsaturated/α-hetero) is 1. The van der Waals surface area contributed by atoms with Crippen molar-refractivity contribution in [2.45, 2.75) is 0 Å². The Morgan fingerprint density at radius 2 is 2.14 bits per heavy atom. The molecule has 1 aliphatic heterocycles. The summed E-state index contributed by atoms with van der Waals surface area (Å²) in [5.41, 5.74) is 0.427. The first kappa shape index (κ1) is 14.5. The standard InChI is InChI=1S/C13H12N2O6/c1-20-8-2-9(11(18)4-15(6-16)7-17)13-10(3-8)14-12(19)5-21-13/h2-3,6-7H,4-5H2,1H3,(H,14,19). The summed E-state index contributed by atoms with van der Waals surface area (Å²) in [4.78, 5) is 45.3. The Bertz CT molecular complexity index is 605. The maximum Gasteiger partial charge on any atom is 0.262 e. The smallest absolute Gasteiger partial charge is 0.262 e. The molecule has 8 nitrogen and oxygen atoms in total. The SMILES string of the molecule is COc1cc2c(c(C(=O)CN(C=O)C=O)c1)OCC(=O)N2. The lowest BCUT2D eigenvalue weighted by molar-refractivity contribution is -0.128. The monoisotopic (exact) mass is 292 g/mol. The minimum Gasteiger partial charge on any atom is -0.497 e. The summed E-state index contributed by atoms with van der Waals surface area (Å²) < 4.78 is 10.3. The van der Waals surface area contributed by atoms with Crippen LogP contribution in [0.1, 0.15) is 10.4 Å². The van der Waals surface area contributed by atoms with Gasteiger partial charge in [-0.1, -0.05) is 0 Å². The maximum atomic E-state index is 12.2. The van der Waals surface area contributed by atoms with E-state index in [0.717, 1.165) is 0 Å². The van der Waals surface area contributed by atoms with Crippen LogP contribution in [0.4, 0.5) is 5.69 Å². The van der Waals surface area contributed by atoms with Crippen LogP contribution >= 0.6 is 0 Å². The zero-order chi connectivity index (χ0) is 15.4. The minimum atomic E-state index is -0.513. The lowest BCUT2D eigenvalue weighted by atomic mass is 10.1. The van der Waals surface area contributed by atoms with Crippen molar-refractivity contribution in [1.82, 2.24) is 4.90 Å². The van der Waals surface area contributed by atoms with Crippen molar-refractivity contribution in [3.63, 3.8) is 0 Å². The molecule has 0 spiro atoms. The van der Waals surface area contributed by atoms with Crippen LogP contribution in [0, 0.1) is 0 Å². The van der Waals surface area contributed by atoms with Gasteiger partial charge in [-0.05, 0) is 6.07 Å². The van der Waals surface area contributed by atoms with E-state index in [9.17, 15) is 19.2 Å². The van der Waals surface area contributed by atoms with Crippen LogP contribution in [-0.2, 0) is 14.4 Å². The molecule has 0 saturated heterocycles. The Morgan fingerprint density at radius 1 is 1.43 bits per heavy atom. The Labute approximate surface area is 119 Å². The molecule has 1 aromatic rings. The van der Waals surface area contributed by atoms with E-state index in [1.54, 1.807) is 0 Å². The number of carbonyl (C=O) groups is 4. The van der Waals surface area contributed by atoms with Crippen molar-refractivity contribution in [1.29, 1.82) is 0 Å². The van der Waals surface area contributed by atoms with E-state index in [1.807, 2.05) is 0 Å². The second-order valence-electron chi connectivity index (χ2n) is 4.19. The van der Waals surface area contributed by atoms with Crippen LogP contribution in [0.2, 0.25) is 0 Å². The number of nitrogens with zero attached hydrogens (tertiary/aromatic N) is 1. The number of hydrogen-bond donors (Lipinski definition) is 1. The normalized spacial score (nSPS) is 12.5. The van der Waals surface area contributed by atoms with Gasteiger partial charge in [-0.25, -0.2) is 0 Å². The molecule has 1 N–H and O–H groups in total. The van der Waals surface area contributed by atoms with E-state index in [0.29, 0.717) is 16.3 Å². The molecule has 0 saturated carbocycles. The van der Waals surface area contributed by atoms with Crippen molar-refractivity contribution in [2.75, 3.05) is 25.6 Å². The number of ketones is 1. The summed E-state index contributed by atoms with van der Waals surface area (Å²) in [5, 5.41) is 2.56. The van der Waals surface area contributed by atoms with Gasteiger partial charge in [0.2, 0.25) is 12.8 Å². The van der Waals surface area contributed by atoms with Crippen LogP contribution in [0.3, 0.4) is 0 Å². The fraction of sp³-hybridized carbons (Fsp3) is 0.231. The number of anilines is 1. The van der Waals surface area contributed by atoms with Crippen LogP contribution in [-0.4, -0.2) is 49.7 Å². The van der Waals surface area contributed by atoms with Crippen LogP contribution in [0.15, 0.2) is 12.1 Å². The predicted molar refractivity (Wildman–Crippen MR) is 70.3 cm³/mol. The molecule has 2 rings (SSSR count). The molecule has 0 unspecified atom stereocenters. The van der Waals surface area contributed by atoms with E-state index in [2.05, 4.69) is 5.32 Å². The van der Waals surface area contributed by atoms with Crippen molar-refractivity contribution in [2.24, 2.45) is 0 Å². The van der Waals surface area contributed by atoms with Gasteiger partial charge in [0, 0.05) is 6.07 Å². The molecule has 21 heavy (non-hydrogen) atoms. The summed E-state index contributed by atoms with van der Waals surface area (Å²) in [6.07, 6.45) is 0.500. The minimum absolute atomic E-state index is 0.123. The maximum absolute atomic E-state index is 12.2. The highest BCUT2D eigenvalue weighted by Crippen LogP contribution is 2.36. The molecule has 110 valence electrons. The molecule has 0 aromatic heterocycles. The van der Waals surface area contributed by atoms with Gasteiger partial charge in [0.15, 0.2) is 18.1 Å². The van der Waals surface area contributed by atoms with Gasteiger partial charge in [0.1, 0.15) is 5.75 Å². The molecule has 1 aliphatic rings. The molecule has 0 bridgehead atoms. The van der Waals surface area contributed by atoms with Crippen molar-refractivity contribution < 1.29 is 28.7 Å². The highest BCUT2D eigenvalue weighted by Gasteiger charge is 2.25. The fourth-order valence-electron chi connectivity index (χ4n) is 1.85. The quantitative estimate of drug-likeness (QED) is 0.576. The van der Waals surface area contributed by atoms with Crippen molar-refractivity contribution in [3.8, 4) is 11.5 Å². The molecule has 0 fully saturated rings. The van der Waals surface area contributed by atoms with Gasteiger partial charge in [-0.15, -0.1) is 0 Å². The Hall–Kier alpha value is -2.90. The number of carbonyl (C=O) groups excluding carboxylic acids is 4. The van der Waals surface area contributed by atoms with E-state index in [-0.39, 0.29) is 36.6 Å². The number of ether oxygens (including phenoxy) is 2. The molecule has 1 heterocycles. The van der Waals surface area contributed by atoms with Crippen molar-refractivity contribution >= 4 is 30.2 Å². The van der Waals surface area contributed by atoms with Crippen molar-refractivity contribution in [3.05, 3.63) is 17.7 Å². The summed E-state index contributed by atoms with van der Waals surface area (Å²) in [5.74, 6) is -0.333. The number of benzene rings is 1. The number of nitrogens with one attached hydrogen (secondary N) is 1. The number of methoxy groups -OCH3 is 1. The average molecular weight is 292 g/mol. The summed E-state index contributed by atoms with van der Waals surface area (Å²) >= 11 is 0. The predicted octanol–water partition coefficient (Wildman–Crippen LogP) is -0.176. The number of amides is 3. The van der Waals surface area contributed by atoms with E-state index in [4.69, 9.17) is 9.47 Å². The third kappa shape index (κ3) is 2.99. The average Bonchev–Trinajstić information content (AvgIpc) is 2.50. The first-order chi connectivity index (χ1) is 10.1. The van der Waals surface area contributed by atoms with Gasteiger partial charge in [0.05, 0.1) is 24.9 Å².